The van der Waals surface area contributed by atoms with Crippen molar-refractivity contribution in [2.45, 2.75) is 20.0 Å². The largest absolute Gasteiger partial charge is 0.368 e. The van der Waals surface area contributed by atoms with Crippen LogP contribution in [-0.4, -0.2) is 41.1 Å². The fourth-order valence-electron chi connectivity index (χ4n) is 1.90. The third-order valence-electron chi connectivity index (χ3n) is 2.96. The van der Waals surface area contributed by atoms with Gasteiger partial charge in [-0.3, -0.25) is 4.90 Å². The monoisotopic (exact) mass is 317 g/mol. The van der Waals surface area contributed by atoms with Crippen molar-refractivity contribution >= 4 is 28.1 Å². The van der Waals surface area contributed by atoms with E-state index < -0.39 is 0 Å². The smallest absolute Gasteiger partial charge is 0.144 e. The van der Waals surface area contributed by atoms with Crippen LogP contribution in [0.5, 0.6) is 0 Å². The van der Waals surface area contributed by atoms with E-state index in [1.54, 1.807) is 0 Å². The Labute approximate surface area is 115 Å². The zero-order chi connectivity index (χ0) is 12.4. The summed E-state index contributed by atoms with van der Waals surface area (Å²) < 4.78 is 7.20. The third-order valence-corrected chi connectivity index (χ3v) is 4.49. The second kappa shape index (κ2) is 5.56. The summed E-state index contributed by atoms with van der Waals surface area (Å²) in [6.45, 7) is 7.78. The summed E-state index contributed by atoms with van der Waals surface area (Å²) in [6.07, 6.45) is -0.00259. The number of hydrogen-bond donors (Lipinski definition) is 1. The molecule has 0 bridgehead atoms. The van der Waals surface area contributed by atoms with Crippen LogP contribution in [0.3, 0.4) is 0 Å². The molecule has 0 aromatic carbocycles. The first-order valence-corrected chi connectivity index (χ1v) is 6.92. The van der Waals surface area contributed by atoms with Crippen LogP contribution in [0.2, 0.25) is 0 Å². The van der Waals surface area contributed by atoms with E-state index in [1.165, 1.54) is 0 Å². The van der Waals surface area contributed by atoms with E-state index >= 15 is 0 Å². The van der Waals surface area contributed by atoms with Crippen molar-refractivity contribution in [1.29, 1.82) is 0 Å². The predicted molar refractivity (Wildman–Crippen MR) is 72.7 cm³/mol. The molecule has 0 saturated carbocycles. The Kier molecular flexibility index (Phi) is 4.30. The molecule has 1 aliphatic rings. The maximum Gasteiger partial charge on any atom is 0.144 e. The highest BCUT2D eigenvalue weighted by Crippen LogP contribution is 2.22. The number of ether oxygens (including phenoxy) is 1. The Hall–Kier alpha value is -0.300. The Morgan fingerprint density at radius 3 is 3.06 bits per heavy atom. The normalized spacial score (nSPS) is 21.7. The number of nitrogens with zero attached hydrogens (tertiary/aromatic N) is 2. The number of hydrogen-bond acceptors (Lipinski definition) is 4. The number of aromatic nitrogens is 2. The lowest BCUT2D eigenvalue weighted by atomic mass is 10.2. The molecule has 0 spiro atoms. The molecule has 2 heterocycles. The second-order valence-corrected chi connectivity index (χ2v) is 5.30. The van der Waals surface area contributed by atoms with E-state index in [0.717, 1.165) is 42.2 Å². The highest BCUT2D eigenvalue weighted by Gasteiger charge is 2.23. The van der Waals surface area contributed by atoms with Gasteiger partial charge < -0.3 is 9.72 Å². The molecule has 1 aromatic heterocycles. The van der Waals surface area contributed by atoms with Gasteiger partial charge in [0.05, 0.1) is 11.1 Å². The summed E-state index contributed by atoms with van der Waals surface area (Å²) in [5.74, 6) is 0.828. The van der Waals surface area contributed by atoms with Gasteiger partial charge in [-0.25, -0.2) is 4.98 Å². The summed E-state index contributed by atoms with van der Waals surface area (Å²) in [5.41, 5.74) is 0.997. The van der Waals surface area contributed by atoms with Crippen LogP contribution in [0, 0.1) is 11.6 Å². The van der Waals surface area contributed by atoms with E-state index in [-0.39, 0.29) is 6.10 Å². The van der Waals surface area contributed by atoms with Crippen LogP contribution in [0.1, 0.15) is 24.5 Å². The molecule has 2 rings (SSSR count). The molecule has 1 aromatic rings. The van der Waals surface area contributed by atoms with Crippen LogP contribution in [0.25, 0.3) is 0 Å². The minimum Gasteiger partial charge on any atom is -0.368 e. The number of aromatic amines is 1. The van der Waals surface area contributed by atoms with E-state index in [4.69, 9.17) is 17.0 Å². The summed E-state index contributed by atoms with van der Waals surface area (Å²) >= 11 is 8.62. The summed E-state index contributed by atoms with van der Waals surface area (Å²) in [6, 6.07) is 0. The maximum absolute atomic E-state index is 5.75. The lowest BCUT2D eigenvalue weighted by molar-refractivity contribution is -0.0327. The fraction of sp³-hybridized carbons (Fsp3) is 0.636. The number of aryl methyl sites for hydroxylation is 1. The first kappa shape index (κ1) is 13.1. The first-order chi connectivity index (χ1) is 8.11. The lowest BCUT2D eigenvalue weighted by Crippen LogP contribution is -2.38. The van der Waals surface area contributed by atoms with E-state index in [2.05, 4.69) is 37.7 Å². The molecule has 1 aliphatic heterocycles. The molecular weight excluding hydrogens is 302 g/mol. The molecule has 0 aliphatic carbocycles. The van der Waals surface area contributed by atoms with Gasteiger partial charge in [-0.1, -0.05) is 19.1 Å². The van der Waals surface area contributed by atoms with Crippen molar-refractivity contribution < 1.29 is 4.74 Å². The van der Waals surface area contributed by atoms with Gasteiger partial charge in [0.15, 0.2) is 0 Å². The van der Waals surface area contributed by atoms with E-state index in [0.29, 0.717) is 4.64 Å². The zero-order valence-corrected chi connectivity index (χ0v) is 12.4. The number of morpholine rings is 1. The van der Waals surface area contributed by atoms with Crippen molar-refractivity contribution in [3.63, 3.8) is 0 Å². The minimum absolute atomic E-state index is 0.00259. The summed E-state index contributed by atoms with van der Waals surface area (Å²) in [5, 5.41) is 0. The number of likely N-dealkylation sites (N-methyl/N-ethyl adjacent to an activating group) is 1. The Bertz CT molecular complexity index is 463. The number of halogens is 1. The van der Waals surface area contributed by atoms with Crippen molar-refractivity contribution in [1.82, 2.24) is 14.9 Å². The molecule has 0 radical (unpaired) electrons. The van der Waals surface area contributed by atoms with Gasteiger partial charge in [-0.15, -0.1) is 0 Å². The highest BCUT2D eigenvalue weighted by molar-refractivity contribution is 9.10. The van der Waals surface area contributed by atoms with Crippen LogP contribution in [0.4, 0.5) is 0 Å². The van der Waals surface area contributed by atoms with Crippen molar-refractivity contribution in [3.8, 4) is 0 Å². The summed E-state index contributed by atoms with van der Waals surface area (Å²) in [4.78, 5) is 9.99. The molecule has 1 unspecified atom stereocenters. The van der Waals surface area contributed by atoms with Gasteiger partial charge in [0.1, 0.15) is 16.6 Å². The molecule has 4 nitrogen and oxygen atoms in total. The van der Waals surface area contributed by atoms with Crippen LogP contribution < -0.4 is 0 Å². The molecule has 6 heteroatoms. The molecule has 1 fully saturated rings. The van der Waals surface area contributed by atoms with E-state index in [1.807, 2.05) is 6.92 Å². The number of rotatable bonds is 2. The zero-order valence-electron chi connectivity index (χ0n) is 9.99. The first-order valence-electron chi connectivity index (χ1n) is 5.72. The highest BCUT2D eigenvalue weighted by atomic mass is 79.9. The SMILES string of the molecule is CCN1CCOC(c2nc(=S)c(Br)c(C)[nH]2)C1. The van der Waals surface area contributed by atoms with Crippen molar-refractivity contribution in [3.05, 3.63) is 20.6 Å². The van der Waals surface area contributed by atoms with Gasteiger partial charge in [0, 0.05) is 18.8 Å². The average molecular weight is 318 g/mol. The number of nitrogens with one attached hydrogen (secondary N) is 1. The average Bonchev–Trinajstić information content (AvgIpc) is 2.35. The Balaban J connectivity index is 2.25. The quantitative estimate of drug-likeness (QED) is 0.851. The molecule has 1 atom stereocenters. The second-order valence-electron chi connectivity index (χ2n) is 4.12. The predicted octanol–water partition coefficient (Wildman–Crippen LogP) is 2.60. The van der Waals surface area contributed by atoms with Crippen LogP contribution in [-0.2, 0) is 4.74 Å². The minimum atomic E-state index is -0.00259. The van der Waals surface area contributed by atoms with Crippen LogP contribution in [0.15, 0.2) is 4.47 Å². The topological polar surface area (TPSA) is 41.1 Å². The molecule has 94 valence electrons. The Morgan fingerprint density at radius 1 is 1.65 bits per heavy atom. The molecule has 1 saturated heterocycles. The van der Waals surface area contributed by atoms with Gasteiger partial charge in [-0.2, -0.15) is 0 Å². The van der Waals surface area contributed by atoms with Crippen molar-refractivity contribution in [2.24, 2.45) is 0 Å². The van der Waals surface area contributed by atoms with Crippen molar-refractivity contribution in [2.75, 3.05) is 26.2 Å². The van der Waals surface area contributed by atoms with Gasteiger partial charge in [-0.05, 0) is 29.4 Å². The maximum atomic E-state index is 5.75. The van der Waals surface area contributed by atoms with Gasteiger partial charge in [0.2, 0.25) is 0 Å². The van der Waals surface area contributed by atoms with E-state index in [9.17, 15) is 0 Å². The fourth-order valence-corrected chi connectivity index (χ4v) is 2.34. The van der Waals surface area contributed by atoms with Crippen LogP contribution >= 0.6 is 28.1 Å². The molecule has 0 amide bonds. The third kappa shape index (κ3) is 2.93. The Morgan fingerprint density at radius 2 is 2.41 bits per heavy atom. The van der Waals surface area contributed by atoms with Gasteiger partial charge in [0.25, 0.3) is 0 Å². The summed E-state index contributed by atoms with van der Waals surface area (Å²) in [7, 11) is 0. The van der Waals surface area contributed by atoms with Gasteiger partial charge >= 0.3 is 0 Å². The standard InChI is InChI=1S/C11H16BrN3OS/c1-3-15-4-5-16-8(6-15)10-13-7(2)9(12)11(17)14-10/h8H,3-6H2,1-2H3,(H,13,14,17). The molecule has 1 N–H and O–H groups in total. The molecular formula is C11H16BrN3OS. The lowest BCUT2D eigenvalue weighted by Gasteiger charge is -2.31. The molecule has 17 heavy (non-hydrogen) atoms. The number of H-pyrrole nitrogens is 1.